The van der Waals surface area contributed by atoms with Crippen LogP contribution in [0.1, 0.15) is 28.0 Å². The summed E-state index contributed by atoms with van der Waals surface area (Å²) in [6.07, 6.45) is -2.71. The number of hydrogen-bond acceptors (Lipinski definition) is 2. The smallest absolute Gasteiger partial charge is 0.357 e. The molecule has 0 unspecified atom stereocenters. The summed E-state index contributed by atoms with van der Waals surface area (Å²) in [5, 5.41) is 13.6. The summed E-state index contributed by atoms with van der Waals surface area (Å²) in [6.45, 7) is -0.112. The van der Waals surface area contributed by atoms with E-state index in [0.29, 0.717) is 0 Å². The number of halogens is 4. The highest BCUT2D eigenvalue weighted by Crippen LogP contribution is 2.27. The van der Waals surface area contributed by atoms with Gasteiger partial charge in [-0.05, 0) is 24.3 Å². The average molecular weight is 355 g/mol. The van der Waals surface area contributed by atoms with Crippen molar-refractivity contribution >= 4 is 28.5 Å². The number of carboxylic acids is 1. The van der Waals surface area contributed by atoms with Crippen molar-refractivity contribution in [3.63, 3.8) is 0 Å². The molecule has 8 heteroatoms. The molecule has 0 fully saturated rings. The number of carbonyl (C=O) groups is 1. The number of carboxylic acid groups (broad SMARTS) is 1. The monoisotopic (exact) mass is 354 g/mol. The van der Waals surface area contributed by atoms with Gasteiger partial charge in [0, 0.05) is 21.5 Å². The number of fused-ring (bicyclic) bond motifs is 1. The third-order valence-corrected chi connectivity index (χ3v) is 3.80. The molecule has 1 aromatic heterocycles. The predicted octanol–water partition coefficient (Wildman–Crippen LogP) is 4.51. The Balaban J connectivity index is 2.15. The number of aromatic carboxylic acids is 1. The summed E-state index contributed by atoms with van der Waals surface area (Å²) < 4.78 is 41.0. The summed E-state index contributed by atoms with van der Waals surface area (Å²) in [5.41, 5.74) is -0.139. The van der Waals surface area contributed by atoms with Crippen LogP contribution in [0.25, 0.3) is 10.9 Å². The summed E-state index contributed by atoms with van der Waals surface area (Å²) in [7, 11) is 0. The first-order valence-corrected chi connectivity index (χ1v) is 7.20. The highest BCUT2D eigenvalue weighted by Gasteiger charge is 2.19. The Morgan fingerprint density at radius 1 is 1.25 bits per heavy atom. The average Bonchev–Trinajstić information content (AvgIpc) is 2.88. The van der Waals surface area contributed by atoms with Gasteiger partial charge in [0.25, 0.3) is 6.43 Å². The largest absolute Gasteiger partial charge is 0.476 e. The van der Waals surface area contributed by atoms with Gasteiger partial charge in [-0.2, -0.15) is 5.10 Å². The van der Waals surface area contributed by atoms with Gasteiger partial charge in [-0.1, -0.05) is 23.7 Å². The molecule has 0 bridgehead atoms. The number of rotatable bonds is 4. The van der Waals surface area contributed by atoms with Gasteiger partial charge in [0.15, 0.2) is 5.69 Å². The zero-order chi connectivity index (χ0) is 17.4. The zero-order valence-electron chi connectivity index (χ0n) is 12.0. The standard InChI is InChI=1S/C16H10ClF3N2O2/c17-10-3-1-9(12(18)6-10)7-22-13-5-8(15(19)20)2-4-11(13)14(21-22)16(23)24/h1-6,15H,7H2,(H,23,24). The fourth-order valence-corrected chi connectivity index (χ4v) is 2.58. The first-order valence-electron chi connectivity index (χ1n) is 6.82. The van der Waals surface area contributed by atoms with Crippen molar-refractivity contribution in [2.24, 2.45) is 0 Å². The van der Waals surface area contributed by atoms with Crippen LogP contribution in [-0.4, -0.2) is 20.9 Å². The molecule has 0 atom stereocenters. The maximum absolute atomic E-state index is 13.9. The van der Waals surface area contributed by atoms with Gasteiger partial charge in [-0.25, -0.2) is 18.0 Å². The second-order valence-electron chi connectivity index (χ2n) is 5.12. The molecule has 24 heavy (non-hydrogen) atoms. The maximum atomic E-state index is 13.9. The van der Waals surface area contributed by atoms with Crippen LogP contribution >= 0.6 is 11.6 Å². The van der Waals surface area contributed by atoms with Crippen molar-refractivity contribution < 1.29 is 23.1 Å². The Morgan fingerprint density at radius 2 is 2.00 bits per heavy atom. The molecule has 3 aromatic rings. The Bertz CT molecular complexity index is 940. The zero-order valence-corrected chi connectivity index (χ0v) is 12.8. The van der Waals surface area contributed by atoms with Gasteiger partial charge in [-0.15, -0.1) is 0 Å². The minimum Gasteiger partial charge on any atom is -0.476 e. The van der Waals surface area contributed by atoms with Gasteiger partial charge in [-0.3, -0.25) is 4.68 Å². The quantitative estimate of drug-likeness (QED) is 0.749. The van der Waals surface area contributed by atoms with E-state index in [0.717, 1.165) is 18.2 Å². The van der Waals surface area contributed by atoms with E-state index in [1.165, 1.54) is 22.9 Å². The molecule has 1 N–H and O–H groups in total. The van der Waals surface area contributed by atoms with E-state index < -0.39 is 18.2 Å². The molecule has 1 heterocycles. The van der Waals surface area contributed by atoms with Crippen molar-refractivity contribution in [2.45, 2.75) is 13.0 Å². The van der Waals surface area contributed by atoms with Gasteiger partial charge in [0.1, 0.15) is 5.82 Å². The molecular weight excluding hydrogens is 345 g/mol. The van der Waals surface area contributed by atoms with E-state index >= 15 is 0 Å². The van der Waals surface area contributed by atoms with Gasteiger partial charge >= 0.3 is 5.97 Å². The highest BCUT2D eigenvalue weighted by atomic mass is 35.5. The summed E-state index contributed by atoms with van der Waals surface area (Å²) in [6, 6.07) is 7.62. The lowest BCUT2D eigenvalue weighted by atomic mass is 10.1. The van der Waals surface area contributed by atoms with E-state index in [1.807, 2.05) is 0 Å². The van der Waals surface area contributed by atoms with Crippen LogP contribution in [0, 0.1) is 5.82 Å². The van der Waals surface area contributed by atoms with Crippen LogP contribution in [-0.2, 0) is 6.54 Å². The van der Waals surface area contributed by atoms with Crippen molar-refractivity contribution in [3.8, 4) is 0 Å². The lowest BCUT2D eigenvalue weighted by molar-refractivity contribution is 0.0691. The Morgan fingerprint density at radius 3 is 2.62 bits per heavy atom. The van der Waals surface area contributed by atoms with Crippen molar-refractivity contribution in [1.82, 2.24) is 9.78 Å². The number of alkyl halides is 2. The van der Waals surface area contributed by atoms with E-state index in [-0.39, 0.29) is 39.3 Å². The lowest BCUT2D eigenvalue weighted by Gasteiger charge is -2.07. The molecule has 0 aliphatic heterocycles. The normalized spacial score (nSPS) is 11.4. The van der Waals surface area contributed by atoms with Crippen LogP contribution in [0.2, 0.25) is 5.02 Å². The molecule has 0 radical (unpaired) electrons. The number of aromatic nitrogens is 2. The molecule has 4 nitrogen and oxygen atoms in total. The molecule has 0 saturated heterocycles. The van der Waals surface area contributed by atoms with Gasteiger partial charge in [0.2, 0.25) is 0 Å². The molecule has 0 aliphatic carbocycles. The van der Waals surface area contributed by atoms with Crippen LogP contribution < -0.4 is 0 Å². The van der Waals surface area contributed by atoms with E-state index in [1.54, 1.807) is 0 Å². The van der Waals surface area contributed by atoms with E-state index in [9.17, 15) is 23.1 Å². The summed E-state index contributed by atoms with van der Waals surface area (Å²) in [4.78, 5) is 11.3. The number of nitrogens with zero attached hydrogens (tertiary/aromatic N) is 2. The topological polar surface area (TPSA) is 55.1 Å². The molecule has 2 aromatic carbocycles. The molecule has 0 saturated carbocycles. The number of hydrogen-bond donors (Lipinski definition) is 1. The molecule has 3 rings (SSSR count). The van der Waals surface area contributed by atoms with Gasteiger partial charge in [0.05, 0.1) is 12.1 Å². The third kappa shape index (κ3) is 2.94. The molecule has 124 valence electrons. The Labute approximate surface area is 139 Å². The molecule has 0 aliphatic rings. The summed E-state index contributed by atoms with van der Waals surface area (Å²) >= 11 is 5.69. The minimum atomic E-state index is -2.71. The molecular formula is C16H10ClF3N2O2. The Hall–Kier alpha value is -2.54. The highest BCUT2D eigenvalue weighted by molar-refractivity contribution is 6.30. The Kier molecular flexibility index (Phi) is 4.19. The van der Waals surface area contributed by atoms with Gasteiger partial charge < -0.3 is 5.11 Å². The summed E-state index contributed by atoms with van der Waals surface area (Å²) in [5.74, 6) is -1.88. The van der Waals surface area contributed by atoms with Crippen molar-refractivity contribution in [1.29, 1.82) is 0 Å². The maximum Gasteiger partial charge on any atom is 0.357 e. The fourth-order valence-electron chi connectivity index (χ4n) is 2.42. The van der Waals surface area contributed by atoms with E-state index in [2.05, 4.69) is 5.10 Å². The van der Waals surface area contributed by atoms with Crippen LogP contribution in [0.4, 0.5) is 13.2 Å². The van der Waals surface area contributed by atoms with Crippen LogP contribution in [0.3, 0.4) is 0 Å². The third-order valence-electron chi connectivity index (χ3n) is 3.57. The van der Waals surface area contributed by atoms with Crippen LogP contribution in [0.15, 0.2) is 36.4 Å². The first-order chi connectivity index (χ1) is 11.4. The predicted molar refractivity (Wildman–Crippen MR) is 82.2 cm³/mol. The van der Waals surface area contributed by atoms with E-state index in [4.69, 9.17) is 11.6 Å². The second kappa shape index (κ2) is 6.16. The fraction of sp³-hybridized carbons (Fsp3) is 0.125. The van der Waals surface area contributed by atoms with Crippen molar-refractivity contribution in [3.05, 3.63) is 64.1 Å². The SMILES string of the molecule is O=C(O)c1nn(Cc2ccc(Cl)cc2F)c2cc(C(F)F)ccc12. The number of benzene rings is 2. The van der Waals surface area contributed by atoms with Crippen LogP contribution in [0.5, 0.6) is 0 Å². The molecule has 0 spiro atoms. The minimum absolute atomic E-state index is 0.112. The second-order valence-corrected chi connectivity index (χ2v) is 5.56. The molecule has 0 amide bonds. The lowest BCUT2D eigenvalue weighted by Crippen LogP contribution is -2.06. The first kappa shape index (κ1) is 16.3. The van der Waals surface area contributed by atoms with Crippen molar-refractivity contribution in [2.75, 3.05) is 0 Å².